The first kappa shape index (κ1) is 26.2. The molecule has 0 saturated heterocycles. The van der Waals surface area contributed by atoms with Gasteiger partial charge in [0.25, 0.3) is 0 Å². The Bertz CT molecular complexity index is 1040. The molecule has 0 bridgehead atoms. The maximum atomic E-state index is 5.97. The van der Waals surface area contributed by atoms with Crippen LogP contribution in [0.5, 0.6) is 5.75 Å². The number of ether oxygens (including phenoxy) is 1. The lowest BCUT2D eigenvalue weighted by Gasteiger charge is -2.35. The molecule has 34 heavy (non-hydrogen) atoms. The first-order chi connectivity index (χ1) is 16.4. The fourth-order valence-corrected chi connectivity index (χ4v) is 4.72. The van der Waals surface area contributed by atoms with E-state index in [0.29, 0.717) is 12.5 Å². The van der Waals surface area contributed by atoms with Crippen molar-refractivity contribution < 1.29 is 4.74 Å². The van der Waals surface area contributed by atoms with Crippen LogP contribution in [-0.4, -0.2) is 36.5 Å². The fourth-order valence-electron chi connectivity index (χ4n) is 4.50. The average molecular weight is 521 g/mol. The van der Waals surface area contributed by atoms with Crippen LogP contribution in [0.2, 0.25) is 0 Å². The molecule has 0 N–H and O–H groups in total. The minimum Gasteiger partial charge on any atom is -0.492 e. The smallest absolute Gasteiger partial charge is 0.119 e. The number of hydrogen-bond donors (Lipinski definition) is 0. The van der Waals surface area contributed by atoms with Crippen LogP contribution in [0.25, 0.3) is 11.1 Å². The van der Waals surface area contributed by atoms with Crippen molar-refractivity contribution in [3.8, 4) is 5.75 Å². The summed E-state index contributed by atoms with van der Waals surface area (Å²) in [4.78, 5) is 2.13. The van der Waals surface area contributed by atoms with Crippen molar-refractivity contribution >= 4 is 27.1 Å². The van der Waals surface area contributed by atoms with Crippen LogP contribution in [0.4, 0.5) is 0 Å². The van der Waals surface area contributed by atoms with Gasteiger partial charge in [0.1, 0.15) is 12.4 Å². The van der Waals surface area contributed by atoms with E-state index >= 15 is 0 Å². The second-order valence-electron chi connectivity index (χ2n) is 9.16. The van der Waals surface area contributed by atoms with E-state index in [2.05, 4.69) is 141 Å². The number of halogens is 1. The molecule has 3 rings (SSSR count). The SMILES string of the molecule is CCC(Br)(CC)C(C)/C(=C(\c1ccccc1)c1ccc(OCCN(C)C)cc1)c1ccccc1. The monoisotopic (exact) mass is 519 g/mol. The zero-order chi connectivity index (χ0) is 24.6. The number of allylic oxidation sites excluding steroid dienone is 1. The van der Waals surface area contributed by atoms with Gasteiger partial charge in [-0.3, -0.25) is 0 Å². The first-order valence-electron chi connectivity index (χ1n) is 12.3. The second-order valence-corrected chi connectivity index (χ2v) is 10.7. The van der Waals surface area contributed by atoms with Gasteiger partial charge in [-0.2, -0.15) is 0 Å². The van der Waals surface area contributed by atoms with Gasteiger partial charge in [0.05, 0.1) is 0 Å². The predicted molar refractivity (Wildman–Crippen MR) is 151 cm³/mol. The van der Waals surface area contributed by atoms with E-state index in [4.69, 9.17) is 4.74 Å². The molecule has 0 aliphatic heterocycles. The third-order valence-electron chi connectivity index (χ3n) is 6.75. The normalized spacial score (nSPS) is 13.5. The largest absolute Gasteiger partial charge is 0.492 e. The van der Waals surface area contributed by atoms with Crippen molar-refractivity contribution in [2.75, 3.05) is 27.2 Å². The summed E-state index contributed by atoms with van der Waals surface area (Å²) < 4.78 is 5.99. The molecule has 0 aromatic heterocycles. The second kappa shape index (κ2) is 12.4. The molecule has 0 spiro atoms. The topological polar surface area (TPSA) is 12.5 Å². The number of hydrogen-bond acceptors (Lipinski definition) is 2. The highest BCUT2D eigenvalue weighted by Gasteiger charge is 2.34. The van der Waals surface area contributed by atoms with E-state index in [1.807, 2.05) is 0 Å². The van der Waals surface area contributed by atoms with Crippen molar-refractivity contribution in [1.82, 2.24) is 4.90 Å². The average Bonchev–Trinajstić information content (AvgIpc) is 2.87. The number of nitrogens with zero attached hydrogens (tertiary/aromatic N) is 1. The molecule has 1 unspecified atom stereocenters. The van der Waals surface area contributed by atoms with Crippen molar-refractivity contribution in [3.05, 3.63) is 102 Å². The molecule has 0 heterocycles. The van der Waals surface area contributed by atoms with Gasteiger partial charge >= 0.3 is 0 Å². The van der Waals surface area contributed by atoms with Crippen LogP contribution >= 0.6 is 15.9 Å². The quantitative estimate of drug-likeness (QED) is 0.187. The van der Waals surface area contributed by atoms with Crippen LogP contribution in [0.15, 0.2) is 84.9 Å². The molecule has 0 amide bonds. The zero-order valence-corrected chi connectivity index (χ0v) is 22.8. The minimum absolute atomic E-state index is 0.0213. The van der Waals surface area contributed by atoms with Crippen molar-refractivity contribution in [3.63, 3.8) is 0 Å². The lowest BCUT2D eigenvalue weighted by Crippen LogP contribution is -2.29. The third kappa shape index (κ3) is 6.40. The van der Waals surface area contributed by atoms with E-state index < -0.39 is 0 Å². The molecule has 180 valence electrons. The molecule has 0 aliphatic rings. The van der Waals surface area contributed by atoms with E-state index in [-0.39, 0.29) is 4.32 Å². The predicted octanol–water partition coefficient (Wildman–Crippen LogP) is 8.18. The third-order valence-corrected chi connectivity index (χ3v) is 8.56. The van der Waals surface area contributed by atoms with Gasteiger partial charge < -0.3 is 9.64 Å². The Hall–Kier alpha value is -2.36. The number of likely N-dealkylation sites (N-methyl/N-ethyl adjacent to an activating group) is 1. The molecule has 0 fully saturated rings. The summed E-state index contributed by atoms with van der Waals surface area (Å²) in [7, 11) is 4.12. The van der Waals surface area contributed by atoms with Crippen LogP contribution in [0, 0.1) is 5.92 Å². The van der Waals surface area contributed by atoms with Crippen molar-refractivity contribution in [2.45, 2.75) is 37.9 Å². The standard InChI is InChI=1S/C31H38BrNO/c1-6-31(32,7-2)24(3)29(25-14-10-8-11-15-25)30(26-16-12-9-13-17-26)27-18-20-28(21-19-27)34-23-22-33(4)5/h8-21,24H,6-7,22-23H2,1-5H3/b30-29-. The Morgan fingerprint density at radius 1 is 0.794 bits per heavy atom. The van der Waals surface area contributed by atoms with Crippen molar-refractivity contribution in [2.24, 2.45) is 5.92 Å². The minimum atomic E-state index is 0.0213. The van der Waals surface area contributed by atoms with E-state index in [0.717, 1.165) is 25.1 Å². The van der Waals surface area contributed by atoms with Gasteiger partial charge in [0, 0.05) is 10.9 Å². The summed E-state index contributed by atoms with van der Waals surface area (Å²) in [6.07, 6.45) is 2.11. The number of rotatable bonds is 11. The molecule has 0 saturated carbocycles. The Morgan fingerprint density at radius 2 is 1.29 bits per heavy atom. The molecule has 3 heteroatoms. The molecular formula is C31H38BrNO. The number of benzene rings is 3. The molecule has 2 nitrogen and oxygen atoms in total. The van der Waals surface area contributed by atoms with Crippen LogP contribution in [0.1, 0.15) is 50.3 Å². The molecule has 3 aromatic carbocycles. The Kier molecular flexibility index (Phi) is 9.55. The highest BCUT2D eigenvalue weighted by Crippen LogP contribution is 2.46. The fraction of sp³-hybridized carbons (Fsp3) is 0.355. The summed E-state index contributed by atoms with van der Waals surface area (Å²) in [6, 6.07) is 30.2. The lowest BCUT2D eigenvalue weighted by molar-refractivity contribution is 0.261. The van der Waals surface area contributed by atoms with Gasteiger partial charge in [0.15, 0.2) is 0 Å². The zero-order valence-electron chi connectivity index (χ0n) is 21.2. The highest BCUT2D eigenvalue weighted by molar-refractivity contribution is 9.10. The summed E-state index contributed by atoms with van der Waals surface area (Å²) in [5, 5.41) is 0. The van der Waals surface area contributed by atoms with Crippen LogP contribution in [-0.2, 0) is 0 Å². The van der Waals surface area contributed by atoms with Crippen LogP contribution in [0.3, 0.4) is 0 Å². The lowest BCUT2D eigenvalue weighted by atomic mass is 9.76. The first-order valence-corrected chi connectivity index (χ1v) is 13.1. The summed E-state index contributed by atoms with van der Waals surface area (Å²) in [6.45, 7) is 8.50. The Morgan fingerprint density at radius 3 is 1.79 bits per heavy atom. The van der Waals surface area contributed by atoms with Gasteiger partial charge in [-0.1, -0.05) is 109 Å². The molecule has 0 aliphatic carbocycles. The summed E-state index contributed by atoms with van der Waals surface area (Å²) in [5.41, 5.74) is 6.36. The summed E-state index contributed by atoms with van der Waals surface area (Å²) >= 11 is 4.15. The van der Waals surface area contributed by atoms with Gasteiger partial charge in [-0.15, -0.1) is 0 Å². The van der Waals surface area contributed by atoms with E-state index in [1.54, 1.807) is 0 Å². The molecule has 1 atom stereocenters. The number of alkyl halides is 1. The molecule has 3 aromatic rings. The Balaban J connectivity index is 2.19. The van der Waals surface area contributed by atoms with Gasteiger partial charge in [-0.05, 0) is 72.8 Å². The summed E-state index contributed by atoms with van der Waals surface area (Å²) in [5.74, 6) is 1.21. The highest BCUT2D eigenvalue weighted by atomic mass is 79.9. The molecular weight excluding hydrogens is 482 g/mol. The van der Waals surface area contributed by atoms with E-state index in [1.165, 1.54) is 27.8 Å². The maximum Gasteiger partial charge on any atom is 0.119 e. The van der Waals surface area contributed by atoms with E-state index in [9.17, 15) is 0 Å². The van der Waals surface area contributed by atoms with Gasteiger partial charge in [0.2, 0.25) is 0 Å². The Labute approximate surface area is 214 Å². The van der Waals surface area contributed by atoms with Crippen LogP contribution < -0.4 is 4.74 Å². The van der Waals surface area contributed by atoms with Gasteiger partial charge in [-0.25, -0.2) is 0 Å². The maximum absolute atomic E-state index is 5.97. The molecule has 0 radical (unpaired) electrons. The van der Waals surface area contributed by atoms with Crippen molar-refractivity contribution in [1.29, 1.82) is 0 Å².